The zero-order valence-electron chi connectivity index (χ0n) is 8.89. The van der Waals surface area contributed by atoms with Crippen LogP contribution in [0.5, 0.6) is 5.75 Å². The van der Waals surface area contributed by atoms with E-state index in [0.717, 1.165) is 42.1 Å². The van der Waals surface area contributed by atoms with Crippen molar-refractivity contribution in [1.82, 2.24) is 5.32 Å². The minimum Gasteiger partial charge on any atom is -0.507 e. The van der Waals surface area contributed by atoms with Crippen LogP contribution in [0.1, 0.15) is 30.4 Å². The van der Waals surface area contributed by atoms with E-state index in [0.29, 0.717) is 11.7 Å². The number of rotatable bonds is 2. The summed E-state index contributed by atoms with van der Waals surface area (Å²) < 4.78 is 0. The predicted octanol–water partition coefficient (Wildman–Crippen LogP) is 2.68. The highest BCUT2D eigenvalue weighted by Crippen LogP contribution is 2.35. The second-order valence-electron chi connectivity index (χ2n) is 4.05. The van der Waals surface area contributed by atoms with Crippen LogP contribution in [0.2, 0.25) is 5.02 Å². The first-order valence-corrected chi connectivity index (χ1v) is 5.82. The fourth-order valence-electron chi connectivity index (χ4n) is 2.18. The molecule has 1 aromatic carbocycles. The van der Waals surface area contributed by atoms with Crippen molar-refractivity contribution >= 4 is 11.6 Å². The third kappa shape index (κ3) is 2.11. The second-order valence-corrected chi connectivity index (χ2v) is 4.48. The van der Waals surface area contributed by atoms with Crippen LogP contribution in [-0.2, 0) is 6.42 Å². The number of phenolic OH excluding ortho intramolecular Hbond substituents is 1. The van der Waals surface area contributed by atoms with Crippen molar-refractivity contribution in [1.29, 1.82) is 0 Å². The Labute approximate surface area is 95.3 Å². The van der Waals surface area contributed by atoms with Crippen LogP contribution >= 0.6 is 11.6 Å². The van der Waals surface area contributed by atoms with Crippen molar-refractivity contribution in [2.24, 2.45) is 0 Å². The summed E-state index contributed by atoms with van der Waals surface area (Å²) in [6.07, 6.45) is 1.90. The minimum atomic E-state index is 0.411. The van der Waals surface area contributed by atoms with Gasteiger partial charge in [-0.05, 0) is 37.1 Å². The first-order valence-electron chi connectivity index (χ1n) is 5.44. The molecule has 0 aromatic heterocycles. The summed E-state index contributed by atoms with van der Waals surface area (Å²) in [5.41, 5.74) is 1.95. The highest BCUT2D eigenvalue weighted by molar-refractivity contribution is 6.30. The highest BCUT2D eigenvalue weighted by atomic mass is 35.5. The smallest absolute Gasteiger partial charge is 0.122 e. The molecule has 1 unspecified atom stereocenters. The summed E-state index contributed by atoms with van der Waals surface area (Å²) in [6.45, 7) is 4.00. The lowest BCUT2D eigenvalue weighted by Crippen LogP contribution is -2.08. The molecule has 0 aliphatic carbocycles. The molecule has 1 aliphatic rings. The Bertz CT molecular complexity index is 359. The normalized spacial score (nSPS) is 20.8. The van der Waals surface area contributed by atoms with Crippen molar-refractivity contribution in [3.8, 4) is 5.75 Å². The lowest BCUT2D eigenvalue weighted by Gasteiger charge is -2.14. The van der Waals surface area contributed by atoms with Gasteiger partial charge in [-0.2, -0.15) is 0 Å². The van der Waals surface area contributed by atoms with Crippen molar-refractivity contribution in [3.05, 3.63) is 28.3 Å². The summed E-state index contributed by atoms with van der Waals surface area (Å²) in [7, 11) is 0. The fraction of sp³-hybridized carbons (Fsp3) is 0.500. The molecule has 1 aromatic rings. The number of hydrogen-bond donors (Lipinski definition) is 2. The van der Waals surface area contributed by atoms with Gasteiger partial charge in [-0.15, -0.1) is 0 Å². The van der Waals surface area contributed by atoms with Crippen LogP contribution in [-0.4, -0.2) is 18.2 Å². The molecule has 0 saturated carbocycles. The van der Waals surface area contributed by atoms with Gasteiger partial charge in [-0.25, -0.2) is 0 Å². The van der Waals surface area contributed by atoms with E-state index in [9.17, 15) is 5.11 Å². The third-order valence-corrected chi connectivity index (χ3v) is 3.28. The summed E-state index contributed by atoms with van der Waals surface area (Å²) in [5.74, 6) is 0.851. The first kappa shape index (κ1) is 10.8. The Morgan fingerprint density at radius 1 is 1.53 bits per heavy atom. The van der Waals surface area contributed by atoms with Gasteiger partial charge in [0.15, 0.2) is 0 Å². The monoisotopic (exact) mass is 225 g/mol. The third-order valence-electron chi connectivity index (χ3n) is 3.06. The van der Waals surface area contributed by atoms with Crippen LogP contribution in [0.3, 0.4) is 0 Å². The van der Waals surface area contributed by atoms with E-state index in [-0.39, 0.29) is 0 Å². The standard InChI is InChI=1S/C12H16ClNO/c1-2-8-5-10(13)6-11(12(8)15)9-3-4-14-7-9/h5-6,9,14-15H,2-4,7H2,1H3. The maximum Gasteiger partial charge on any atom is 0.122 e. The summed E-state index contributed by atoms with van der Waals surface area (Å²) in [6, 6.07) is 3.75. The van der Waals surface area contributed by atoms with Crippen LogP contribution in [0, 0.1) is 0 Å². The second kappa shape index (κ2) is 4.42. The molecule has 1 heterocycles. The molecule has 2 rings (SSSR count). The lowest BCUT2D eigenvalue weighted by molar-refractivity contribution is 0.456. The van der Waals surface area contributed by atoms with Crippen LogP contribution in [0.25, 0.3) is 0 Å². The van der Waals surface area contributed by atoms with Gasteiger partial charge in [-0.3, -0.25) is 0 Å². The zero-order valence-corrected chi connectivity index (χ0v) is 9.64. The number of aromatic hydroxyl groups is 1. The zero-order chi connectivity index (χ0) is 10.8. The molecule has 0 bridgehead atoms. The number of nitrogens with one attached hydrogen (secondary N) is 1. The molecule has 2 N–H and O–H groups in total. The van der Waals surface area contributed by atoms with Gasteiger partial charge in [0.1, 0.15) is 5.75 Å². The van der Waals surface area contributed by atoms with Crippen LogP contribution < -0.4 is 5.32 Å². The van der Waals surface area contributed by atoms with Gasteiger partial charge in [-0.1, -0.05) is 18.5 Å². The Morgan fingerprint density at radius 3 is 2.93 bits per heavy atom. The lowest BCUT2D eigenvalue weighted by atomic mass is 9.94. The van der Waals surface area contributed by atoms with Gasteiger partial charge in [0.05, 0.1) is 0 Å². The van der Waals surface area contributed by atoms with Crippen molar-refractivity contribution in [2.45, 2.75) is 25.7 Å². The fourth-order valence-corrected chi connectivity index (χ4v) is 2.43. The first-order chi connectivity index (χ1) is 7.22. The molecule has 1 saturated heterocycles. The Morgan fingerprint density at radius 2 is 2.33 bits per heavy atom. The number of aryl methyl sites for hydroxylation is 1. The summed E-state index contributed by atoms with van der Waals surface area (Å²) in [5, 5.41) is 14.1. The molecule has 1 atom stereocenters. The highest BCUT2D eigenvalue weighted by Gasteiger charge is 2.21. The van der Waals surface area contributed by atoms with Gasteiger partial charge < -0.3 is 10.4 Å². The summed E-state index contributed by atoms with van der Waals surface area (Å²) in [4.78, 5) is 0. The van der Waals surface area contributed by atoms with Gasteiger partial charge >= 0.3 is 0 Å². The van der Waals surface area contributed by atoms with Gasteiger partial charge in [0.25, 0.3) is 0 Å². The van der Waals surface area contributed by atoms with Crippen LogP contribution in [0.4, 0.5) is 0 Å². The van der Waals surface area contributed by atoms with Gasteiger partial charge in [0.2, 0.25) is 0 Å². The van der Waals surface area contributed by atoms with E-state index >= 15 is 0 Å². The molecule has 3 heteroatoms. The predicted molar refractivity (Wildman–Crippen MR) is 62.7 cm³/mol. The number of halogens is 1. The van der Waals surface area contributed by atoms with E-state index in [1.165, 1.54) is 0 Å². The number of phenols is 1. The minimum absolute atomic E-state index is 0.411. The summed E-state index contributed by atoms with van der Waals surface area (Å²) >= 11 is 6.05. The SMILES string of the molecule is CCc1cc(Cl)cc(C2CCNC2)c1O. The molecule has 0 radical (unpaired) electrons. The van der Waals surface area contributed by atoms with Crippen LogP contribution in [0.15, 0.2) is 12.1 Å². The average Bonchev–Trinajstić information content (AvgIpc) is 2.74. The molecule has 2 nitrogen and oxygen atoms in total. The van der Waals surface area contributed by atoms with E-state index in [1.807, 2.05) is 19.1 Å². The largest absolute Gasteiger partial charge is 0.507 e. The average molecular weight is 226 g/mol. The van der Waals surface area contributed by atoms with E-state index in [1.54, 1.807) is 0 Å². The molecule has 0 amide bonds. The van der Waals surface area contributed by atoms with Gasteiger partial charge in [0, 0.05) is 23.0 Å². The van der Waals surface area contributed by atoms with Crippen molar-refractivity contribution in [3.63, 3.8) is 0 Å². The quantitative estimate of drug-likeness (QED) is 0.811. The van der Waals surface area contributed by atoms with Crippen molar-refractivity contribution < 1.29 is 5.11 Å². The molecular formula is C12H16ClNO. The Balaban J connectivity index is 2.40. The topological polar surface area (TPSA) is 32.3 Å². The van der Waals surface area contributed by atoms with Crippen molar-refractivity contribution in [2.75, 3.05) is 13.1 Å². The number of hydrogen-bond acceptors (Lipinski definition) is 2. The molecule has 0 spiro atoms. The molecule has 82 valence electrons. The van der Waals surface area contributed by atoms with E-state index in [4.69, 9.17) is 11.6 Å². The number of benzene rings is 1. The maximum absolute atomic E-state index is 10.1. The molecular weight excluding hydrogens is 210 g/mol. The van der Waals surface area contributed by atoms with E-state index < -0.39 is 0 Å². The Hall–Kier alpha value is -0.730. The van der Waals surface area contributed by atoms with E-state index in [2.05, 4.69) is 5.32 Å². The molecule has 1 aliphatic heterocycles. The molecule has 15 heavy (non-hydrogen) atoms. The Kier molecular flexibility index (Phi) is 3.17. The maximum atomic E-state index is 10.1. The molecule has 1 fully saturated rings.